The summed E-state index contributed by atoms with van der Waals surface area (Å²) >= 11 is 3.46. The minimum atomic E-state index is 0.302. The maximum absolute atomic E-state index is 5.69. The predicted octanol–water partition coefficient (Wildman–Crippen LogP) is 3.76. The molecule has 2 rings (SSSR count). The molecule has 0 amide bonds. The molecule has 0 fully saturated rings. The van der Waals surface area contributed by atoms with Gasteiger partial charge in [-0.3, -0.25) is 11.3 Å². The Kier molecular flexibility index (Phi) is 5.77. The van der Waals surface area contributed by atoms with Gasteiger partial charge in [0, 0.05) is 10.5 Å². The number of benzene rings is 2. The second-order valence-corrected chi connectivity index (χ2v) is 6.08. The molecule has 0 bridgehead atoms. The zero-order valence-electron chi connectivity index (χ0n) is 11.8. The number of hydrazine groups is 1. The van der Waals surface area contributed by atoms with Crippen molar-refractivity contribution in [3.05, 3.63) is 69.7 Å². The topological polar surface area (TPSA) is 38.0 Å². The zero-order chi connectivity index (χ0) is 14.4. The molecule has 0 heterocycles. The van der Waals surface area contributed by atoms with Gasteiger partial charge in [-0.1, -0.05) is 52.3 Å². The molecule has 3 heteroatoms. The molecule has 0 aliphatic heterocycles. The van der Waals surface area contributed by atoms with Gasteiger partial charge in [0.25, 0.3) is 0 Å². The molecule has 2 aromatic carbocycles. The van der Waals surface area contributed by atoms with Crippen molar-refractivity contribution in [2.75, 3.05) is 0 Å². The summed E-state index contributed by atoms with van der Waals surface area (Å²) in [5.74, 6) is 5.69. The van der Waals surface area contributed by atoms with Gasteiger partial charge in [0.05, 0.1) is 0 Å². The lowest BCUT2D eigenvalue weighted by Crippen LogP contribution is -2.37. The third-order valence-corrected chi connectivity index (χ3v) is 4.18. The van der Waals surface area contributed by atoms with E-state index in [9.17, 15) is 0 Å². The fourth-order valence-corrected chi connectivity index (χ4v) is 2.63. The fourth-order valence-electron chi connectivity index (χ4n) is 2.37. The van der Waals surface area contributed by atoms with E-state index in [4.69, 9.17) is 5.84 Å². The van der Waals surface area contributed by atoms with E-state index in [0.717, 1.165) is 23.7 Å². The molecule has 0 aliphatic rings. The van der Waals surface area contributed by atoms with E-state index >= 15 is 0 Å². The molecule has 2 nitrogen and oxygen atoms in total. The Bertz CT molecular complexity index is 537. The fraction of sp³-hybridized carbons (Fsp3) is 0.294. The van der Waals surface area contributed by atoms with Crippen molar-refractivity contribution in [3.8, 4) is 0 Å². The van der Waals surface area contributed by atoms with Crippen LogP contribution in [0.2, 0.25) is 0 Å². The average Bonchev–Trinajstić information content (AvgIpc) is 2.47. The average molecular weight is 333 g/mol. The maximum Gasteiger partial charge on any atom is 0.0254 e. The summed E-state index contributed by atoms with van der Waals surface area (Å²) in [6.07, 6.45) is 3.05. The third-order valence-electron chi connectivity index (χ3n) is 3.65. The molecule has 0 aromatic heterocycles. The molecule has 106 valence electrons. The van der Waals surface area contributed by atoms with E-state index in [2.05, 4.69) is 76.8 Å². The van der Waals surface area contributed by atoms with Crippen molar-refractivity contribution in [1.29, 1.82) is 0 Å². The van der Waals surface area contributed by atoms with Crippen LogP contribution in [0, 0.1) is 6.92 Å². The SMILES string of the molecule is Cc1ccccc1CCC(Cc1ccc(Br)cc1)NN. The van der Waals surface area contributed by atoms with Crippen molar-refractivity contribution in [2.24, 2.45) is 5.84 Å². The Morgan fingerprint density at radius 1 is 1.10 bits per heavy atom. The molecule has 0 spiro atoms. The second-order valence-electron chi connectivity index (χ2n) is 5.16. The van der Waals surface area contributed by atoms with Crippen molar-refractivity contribution in [2.45, 2.75) is 32.2 Å². The van der Waals surface area contributed by atoms with E-state index in [-0.39, 0.29) is 0 Å². The largest absolute Gasteiger partial charge is 0.271 e. The zero-order valence-corrected chi connectivity index (χ0v) is 13.4. The van der Waals surface area contributed by atoms with Crippen LogP contribution >= 0.6 is 15.9 Å². The van der Waals surface area contributed by atoms with Crippen molar-refractivity contribution in [3.63, 3.8) is 0 Å². The minimum Gasteiger partial charge on any atom is -0.271 e. The number of nitrogens with two attached hydrogens (primary N) is 1. The Balaban J connectivity index is 1.92. The van der Waals surface area contributed by atoms with Crippen LogP contribution in [-0.2, 0) is 12.8 Å². The summed E-state index contributed by atoms with van der Waals surface area (Å²) in [6.45, 7) is 2.16. The molecule has 1 atom stereocenters. The quantitative estimate of drug-likeness (QED) is 0.624. The number of halogens is 1. The van der Waals surface area contributed by atoms with Gasteiger partial charge in [-0.2, -0.15) is 0 Å². The van der Waals surface area contributed by atoms with Crippen LogP contribution < -0.4 is 11.3 Å². The van der Waals surface area contributed by atoms with Gasteiger partial charge < -0.3 is 0 Å². The van der Waals surface area contributed by atoms with E-state index < -0.39 is 0 Å². The molecule has 1 unspecified atom stereocenters. The minimum absolute atomic E-state index is 0.302. The van der Waals surface area contributed by atoms with E-state index in [1.807, 2.05) is 0 Å². The molecular weight excluding hydrogens is 312 g/mol. The Hall–Kier alpha value is -1.16. The van der Waals surface area contributed by atoms with Gasteiger partial charge in [-0.05, 0) is 55.0 Å². The first-order valence-corrected chi connectivity index (χ1v) is 7.73. The first-order valence-electron chi connectivity index (χ1n) is 6.94. The Morgan fingerprint density at radius 3 is 2.45 bits per heavy atom. The van der Waals surface area contributed by atoms with Crippen LogP contribution in [0.3, 0.4) is 0 Å². The first-order chi connectivity index (χ1) is 9.69. The number of hydrogen-bond donors (Lipinski definition) is 2. The van der Waals surface area contributed by atoms with Crippen LogP contribution in [0.4, 0.5) is 0 Å². The van der Waals surface area contributed by atoms with Gasteiger partial charge in [-0.25, -0.2) is 0 Å². The lowest BCUT2D eigenvalue weighted by molar-refractivity contribution is 0.491. The highest BCUT2D eigenvalue weighted by molar-refractivity contribution is 9.10. The maximum atomic E-state index is 5.69. The highest BCUT2D eigenvalue weighted by Gasteiger charge is 2.09. The first kappa shape index (κ1) is 15.2. The third kappa shape index (κ3) is 4.44. The second kappa shape index (κ2) is 7.58. The van der Waals surface area contributed by atoms with E-state index in [1.54, 1.807) is 0 Å². The van der Waals surface area contributed by atoms with Crippen LogP contribution in [0.1, 0.15) is 23.1 Å². The smallest absolute Gasteiger partial charge is 0.0254 e. The summed E-state index contributed by atoms with van der Waals surface area (Å²) in [5.41, 5.74) is 7.01. The van der Waals surface area contributed by atoms with Crippen molar-refractivity contribution >= 4 is 15.9 Å². The van der Waals surface area contributed by atoms with Gasteiger partial charge in [-0.15, -0.1) is 0 Å². The molecule has 0 saturated carbocycles. The van der Waals surface area contributed by atoms with Crippen molar-refractivity contribution in [1.82, 2.24) is 5.43 Å². The monoisotopic (exact) mass is 332 g/mol. The van der Waals surface area contributed by atoms with Crippen LogP contribution in [0.25, 0.3) is 0 Å². The number of nitrogens with one attached hydrogen (secondary N) is 1. The molecular formula is C17H21BrN2. The summed E-state index contributed by atoms with van der Waals surface area (Å²) < 4.78 is 1.11. The molecule has 0 aliphatic carbocycles. The van der Waals surface area contributed by atoms with Crippen LogP contribution in [0.5, 0.6) is 0 Å². The summed E-state index contributed by atoms with van der Waals surface area (Å²) in [5, 5.41) is 0. The number of rotatable bonds is 6. The van der Waals surface area contributed by atoms with E-state index in [0.29, 0.717) is 6.04 Å². The lowest BCUT2D eigenvalue weighted by atomic mass is 9.97. The van der Waals surface area contributed by atoms with Crippen LogP contribution in [-0.4, -0.2) is 6.04 Å². The molecule has 20 heavy (non-hydrogen) atoms. The van der Waals surface area contributed by atoms with Gasteiger partial charge in [0.1, 0.15) is 0 Å². The van der Waals surface area contributed by atoms with Gasteiger partial charge >= 0.3 is 0 Å². The Morgan fingerprint density at radius 2 is 1.80 bits per heavy atom. The normalized spacial score (nSPS) is 12.3. The van der Waals surface area contributed by atoms with Gasteiger partial charge in [0.15, 0.2) is 0 Å². The number of aryl methyl sites for hydroxylation is 2. The molecule has 2 aromatic rings. The highest BCUT2D eigenvalue weighted by atomic mass is 79.9. The summed E-state index contributed by atoms with van der Waals surface area (Å²) in [6, 6.07) is 17.3. The predicted molar refractivity (Wildman–Crippen MR) is 88.5 cm³/mol. The summed E-state index contributed by atoms with van der Waals surface area (Å²) in [7, 11) is 0. The van der Waals surface area contributed by atoms with Crippen LogP contribution in [0.15, 0.2) is 53.0 Å². The standard InChI is InChI=1S/C17H21BrN2/c1-13-4-2-3-5-15(13)8-11-17(20-19)12-14-6-9-16(18)10-7-14/h2-7,9-10,17,20H,8,11-12,19H2,1H3. The lowest BCUT2D eigenvalue weighted by Gasteiger charge is -2.16. The van der Waals surface area contributed by atoms with Gasteiger partial charge in [0.2, 0.25) is 0 Å². The van der Waals surface area contributed by atoms with E-state index in [1.165, 1.54) is 16.7 Å². The van der Waals surface area contributed by atoms with Crippen molar-refractivity contribution < 1.29 is 0 Å². The molecule has 0 saturated heterocycles. The highest BCUT2D eigenvalue weighted by Crippen LogP contribution is 2.15. The molecule has 0 radical (unpaired) electrons. The Labute approximate surface area is 129 Å². The summed E-state index contributed by atoms with van der Waals surface area (Å²) in [4.78, 5) is 0. The number of hydrogen-bond acceptors (Lipinski definition) is 2. The molecule has 3 N–H and O–H groups in total.